The number of thioether (sulfide) groups is 1. The highest BCUT2D eigenvalue weighted by Crippen LogP contribution is 2.26. The number of aliphatic imine (C=N–C) groups is 1. The zero-order valence-corrected chi connectivity index (χ0v) is 14.2. The number of guanidine groups is 1. The molecule has 2 fully saturated rings. The average molecular weight is 381 g/mol. The number of hydrogen-bond donors (Lipinski definition) is 1. The molecule has 3 rings (SSSR count). The van der Waals surface area contributed by atoms with Crippen molar-refractivity contribution in [3.8, 4) is 0 Å². The van der Waals surface area contributed by atoms with Crippen molar-refractivity contribution in [2.45, 2.75) is 32.2 Å². The highest BCUT2D eigenvalue weighted by molar-refractivity contribution is 14.0. The van der Waals surface area contributed by atoms with Gasteiger partial charge >= 0.3 is 0 Å². The highest BCUT2D eigenvalue weighted by Gasteiger charge is 2.32. The Hall–Kier alpha value is 0.350. The molecule has 18 heavy (non-hydrogen) atoms. The van der Waals surface area contributed by atoms with E-state index in [0.29, 0.717) is 6.04 Å². The first-order valence-electron chi connectivity index (χ1n) is 6.95. The quantitative estimate of drug-likeness (QED) is 0.745. The van der Waals surface area contributed by atoms with Crippen LogP contribution in [0.1, 0.15) is 26.2 Å². The molecule has 3 heterocycles. The summed E-state index contributed by atoms with van der Waals surface area (Å²) in [6, 6.07) is 0.701. The third-order valence-electron chi connectivity index (χ3n) is 4.24. The second-order valence-corrected chi connectivity index (χ2v) is 6.91. The molecule has 0 aliphatic carbocycles. The third-order valence-corrected chi connectivity index (χ3v) is 5.47. The van der Waals surface area contributed by atoms with Crippen LogP contribution in [0.4, 0.5) is 0 Å². The van der Waals surface area contributed by atoms with Crippen molar-refractivity contribution in [3.63, 3.8) is 0 Å². The lowest BCUT2D eigenvalue weighted by Gasteiger charge is -2.35. The van der Waals surface area contributed by atoms with Crippen molar-refractivity contribution >= 4 is 41.7 Å². The summed E-state index contributed by atoms with van der Waals surface area (Å²) in [6.07, 6.45) is 4.09. The minimum Gasteiger partial charge on any atom is -0.356 e. The lowest BCUT2D eigenvalue weighted by atomic mass is 9.95. The fourth-order valence-electron chi connectivity index (χ4n) is 3.08. The molecule has 0 amide bonds. The van der Waals surface area contributed by atoms with Crippen LogP contribution in [-0.4, -0.2) is 48.0 Å². The predicted octanol–water partition coefficient (Wildman–Crippen LogP) is 2.42. The number of nitrogens with zero attached hydrogens (tertiary/aromatic N) is 2. The lowest BCUT2D eigenvalue weighted by molar-refractivity contribution is 0.210. The van der Waals surface area contributed by atoms with Gasteiger partial charge in [0.2, 0.25) is 0 Å². The maximum atomic E-state index is 4.70. The number of fused-ring (bicyclic) bond motifs is 1. The second kappa shape index (κ2) is 6.68. The van der Waals surface area contributed by atoms with Crippen LogP contribution in [0.2, 0.25) is 0 Å². The van der Waals surface area contributed by atoms with Crippen molar-refractivity contribution in [1.29, 1.82) is 0 Å². The number of hydrogen-bond acceptors (Lipinski definition) is 4. The monoisotopic (exact) mass is 381 g/mol. The van der Waals surface area contributed by atoms with E-state index in [0.717, 1.165) is 24.9 Å². The van der Waals surface area contributed by atoms with Gasteiger partial charge in [0.1, 0.15) is 0 Å². The smallest absolute Gasteiger partial charge is 0.194 e. The molecule has 0 aromatic heterocycles. The lowest BCUT2D eigenvalue weighted by Crippen LogP contribution is -2.49. The fraction of sp³-hybridized carbons (Fsp3) is 0.923. The molecular formula is C13H24IN3S. The van der Waals surface area contributed by atoms with Crippen LogP contribution in [-0.2, 0) is 0 Å². The summed E-state index contributed by atoms with van der Waals surface area (Å²) < 4.78 is 0. The minimum absolute atomic E-state index is 0. The van der Waals surface area contributed by atoms with Gasteiger partial charge in [-0.3, -0.25) is 4.99 Å². The van der Waals surface area contributed by atoms with E-state index in [1.54, 1.807) is 0 Å². The van der Waals surface area contributed by atoms with Crippen molar-refractivity contribution < 1.29 is 0 Å². The number of halogens is 1. The first kappa shape index (κ1) is 14.8. The van der Waals surface area contributed by atoms with Crippen LogP contribution in [0.3, 0.4) is 0 Å². The van der Waals surface area contributed by atoms with Crippen molar-refractivity contribution in [2.75, 3.05) is 31.1 Å². The molecular weight excluding hydrogens is 357 g/mol. The Morgan fingerprint density at radius 1 is 1.39 bits per heavy atom. The third kappa shape index (κ3) is 3.26. The number of piperidine rings is 1. The molecule has 0 saturated carbocycles. The van der Waals surface area contributed by atoms with Gasteiger partial charge < -0.3 is 10.2 Å². The van der Waals surface area contributed by atoms with Crippen LogP contribution in [0.5, 0.6) is 0 Å². The van der Waals surface area contributed by atoms with Gasteiger partial charge in [0.25, 0.3) is 0 Å². The van der Waals surface area contributed by atoms with Crippen LogP contribution < -0.4 is 5.32 Å². The summed E-state index contributed by atoms with van der Waals surface area (Å²) in [5, 5.41) is 3.61. The average Bonchev–Trinajstić information content (AvgIpc) is 2.94. The molecule has 2 saturated heterocycles. The molecule has 0 aromatic carbocycles. The molecule has 0 radical (unpaired) electrons. The predicted molar refractivity (Wildman–Crippen MR) is 90.0 cm³/mol. The standard InChI is InChI=1S/C13H23N3S.HI/c1-10-2-3-12-7-15-13(16(12)8-10)14-6-11-4-5-17-9-11;/h10-12H,2-9H2,1H3,(H,14,15);1H. The molecule has 0 aromatic rings. The Morgan fingerprint density at radius 2 is 2.28 bits per heavy atom. The van der Waals surface area contributed by atoms with E-state index < -0.39 is 0 Å². The van der Waals surface area contributed by atoms with Gasteiger partial charge in [0.05, 0.1) is 12.6 Å². The number of rotatable bonds is 2. The molecule has 0 spiro atoms. The summed E-state index contributed by atoms with van der Waals surface area (Å²) in [4.78, 5) is 7.22. The maximum Gasteiger partial charge on any atom is 0.194 e. The Balaban J connectivity index is 0.00000120. The first-order chi connectivity index (χ1) is 8.33. The molecule has 3 unspecified atom stereocenters. The van der Waals surface area contributed by atoms with Gasteiger partial charge in [0, 0.05) is 13.1 Å². The summed E-state index contributed by atoms with van der Waals surface area (Å²) in [7, 11) is 0. The van der Waals surface area contributed by atoms with Crippen molar-refractivity contribution in [1.82, 2.24) is 10.2 Å². The Labute approximate surface area is 132 Å². The van der Waals surface area contributed by atoms with Crippen molar-refractivity contribution in [2.24, 2.45) is 16.8 Å². The van der Waals surface area contributed by atoms with E-state index in [1.807, 2.05) is 0 Å². The van der Waals surface area contributed by atoms with Crippen LogP contribution in [0, 0.1) is 11.8 Å². The largest absolute Gasteiger partial charge is 0.356 e. The van der Waals surface area contributed by atoms with E-state index in [2.05, 4.69) is 28.9 Å². The second-order valence-electron chi connectivity index (χ2n) is 5.76. The van der Waals surface area contributed by atoms with Crippen LogP contribution in [0.25, 0.3) is 0 Å². The topological polar surface area (TPSA) is 27.6 Å². The zero-order valence-electron chi connectivity index (χ0n) is 11.1. The normalized spacial score (nSPS) is 34.8. The molecule has 1 N–H and O–H groups in total. The van der Waals surface area contributed by atoms with Gasteiger partial charge in [-0.25, -0.2) is 0 Å². The molecule has 3 nitrogen and oxygen atoms in total. The van der Waals surface area contributed by atoms with Gasteiger partial charge in [0.15, 0.2) is 5.96 Å². The van der Waals surface area contributed by atoms with E-state index in [-0.39, 0.29) is 24.0 Å². The maximum absolute atomic E-state index is 4.70. The molecule has 3 aliphatic heterocycles. The minimum atomic E-state index is 0. The Morgan fingerprint density at radius 3 is 3.06 bits per heavy atom. The van der Waals surface area contributed by atoms with Crippen molar-refractivity contribution in [3.05, 3.63) is 0 Å². The Kier molecular flexibility index (Phi) is 5.47. The van der Waals surface area contributed by atoms with Gasteiger partial charge in [-0.15, -0.1) is 24.0 Å². The van der Waals surface area contributed by atoms with Gasteiger partial charge in [-0.1, -0.05) is 6.92 Å². The molecule has 3 atom stereocenters. The summed E-state index contributed by atoms with van der Waals surface area (Å²) >= 11 is 2.09. The van der Waals surface area contributed by atoms with Gasteiger partial charge in [-0.2, -0.15) is 11.8 Å². The van der Waals surface area contributed by atoms with Crippen LogP contribution >= 0.6 is 35.7 Å². The fourth-order valence-corrected chi connectivity index (χ4v) is 4.36. The van der Waals surface area contributed by atoms with E-state index >= 15 is 0 Å². The molecule has 0 bridgehead atoms. The highest BCUT2D eigenvalue weighted by atomic mass is 127. The van der Waals surface area contributed by atoms with E-state index in [4.69, 9.17) is 4.99 Å². The van der Waals surface area contributed by atoms with Crippen LogP contribution in [0.15, 0.2) is 4.99 Å². The van der Waals surface area contributed by atoms with E-state index in [9.17, 15) is 0 Å². The summed E-state index contributed by atoms with van der Waals surface area (Å²) in [5.41, 5.74) is 0. The summed E-state index contributed by atoms with van der Waals surface area (Å²) in [6.45, 7) is 5.72. The molecule has 3 aliphatic rings. The number of nitrogens with one attached hydrogen (secondary N) is 1. The van der Waals surface area contributed by atoms with E-state index in [1.165, 1.54) is 43.3 Å². The van der Waals surface area contributed by atoms with Gasteiger partial charge in [-0.05, 0) is 42.6 Å². The Bertz CT molecular complexity index is 305. The first-order valence-corrected chi connectivity index (χ1v) is 8.11. The molecule has 104 valence electrons. The SMILES string of the molecule is CC1CCC2CN=C(NCC3CCSC3)N2C1.I. The zero-order chi connectivity index (χ0) is 11.7. The summed E-state index contributed by atoms with van der Waals surface area (Å²) in [5.74, 6) is 5.57. The molecule has 5 heteroatoms.